The maximum atomic E-state index is 6.44. The number of nitrogens with zero attached hydrogens (tertiary/aromatic N) is 4. The van der Waals surface area contributed by atoms with Gasteiger partial charge in [0, 0.05) is 48.2 Å². The zero-order valence-electron chi connectivity index (χ0n) is 25.5. The van der Waals surface area contributed by atoms with Crippen LogP contribution in [-0.4, -0.2) is 19.1 Å². The van der Waals surface area contributed by atoms with Crippen molar-refractivity contribution in [2.45, 2.75) is 9.79 Å². The Balaban J connectivity index is 1.33. The molecule has 10 aromatic rings. The van der Waals surface area contributed by atoms with Crippen LogP contribution < -0.4 is 0 Å². The highest BCUT2D eigenvalue weighted by atomic mass is 32.2. The molecule has 0 spiro atoms. The standard InChI is InChI=1S/C42H24N4OS/c1-3-13-25(14-4-1)38-37-27-17-7-9-22-32(27)47-41(37)44-40(43-38)29-19-11-21-31-35(29)36-28-18-12-24-34-39(28)46(30-20-8-10-23-33(30)48-34)42(36)45(31)26-15-5-2-6-16-26/h1-24H. The summed E-state index contributed by atoms with van der Waals surface area (Å²) >= 11 is 1.84. The summed E-state index contributed by atoms with van der Waals surface area (Å²) in [7, 11) is 0. The van der Waals surface area contributed by atoms with E-state index in [9.17, 15) is 0 Å². The van der Waals surface area contributed by atoms with Gasteiger partial charge in [-0.15, -0.1) is 0 Å². The van der Waals surface area contributed by atoms with Gasteiger partial charge in [-0.25, -0.2) is 4.98 Å². The Labute approximate surface area is 278 Å². The van der Waals surface area contributed by atoms with Crippen molar-refractivity contribution in [1.29, 1.82) is 0 Å². The minimum atomic E-state index is 0.587. The third kappa shape index (κ3) is 3.47. The first-order chi connectivity index (χ1) is 23.8. The molecule has 6 heteroatoms. The molecule has 0 aliphatic carbocycles. The highest BCUT2D eigenvalue weighted by molar-refractivity contribution is 7.99. The van der Waals surface area contributed by atoms with Crippen molar-refractivity contribution < 1.29 is 4.42 Å². The molecule has 0 amide bonds. The smallest absolute Gasteiger partial charge is 0.231 e. The fourth-order valence-corrected chi connectivity index (χ4v) is 8.68. The van der Waals surface area contributed by atoms with E-state index in [0.717, 1.165) is 55.4 Å². The summed E-state index contributed by atoms with van der Waals surface area (Å²) in [4.78, 5) is 13.1. The van der Waals surface area contributed by atoms with Crippen molar-refractivity contribution in [3.8, 4) is 34.0 Å². The Kier molecular flexibility index (Phi) is 5.26. The van der Waals surface area contributed by atoms with E-state index < -0.39 is 0 Å². The summed E-state index contributed by atoms with van der Waals surface area (Å²) in [5.41, 5.74) is 10.0. The Bertz CT molecular complexity index is 2920. The van der Waals surface area contributed by atoms with Gasteiger partial charge in [-0.1, -0.05) is 115 Å². The molecular weight excluding hydrogens is 609 g/mol. The Hall–Kier alpha value is -6.11. The van der Waals surface area contributed by atoms with Gasteiger partial charge in [-0.05, 0) is 42.5 Å². The number of benzene rings is 6. The number of hydrogen-bond acceptors (Lipinski definition) is 4. The molecular formula is C42H24N4OS. The lowest BCUT2D eigenvalue weighted by Crippen LogP contribution is -2.05. The second kappa shape index (κ2) is 9.70. The second-order valence-electron chi connectivity index (χ2n) is 12.2. The van der Waals surface area contributed by atoms with E-state index in [-0.39, 0.29) is 0 Å². The third-order valence-corrected chi connectivity index (χ3v) is 10.7. The summed E-state index contributed by atoms with van der Waals surface area (Å²) in [6, 6.07) is 51.0. The summed E-state index contributed by atoms with van der Waals surface area (Å²) in [6.45, 7) is 0. The van der Waals surface area contributed by atoms with Crippen molar-refractivity contribution in [2.24, 2.45) is 0 Å². The fraction of sp³-hybridized carbons (Fsp3) is 0. The van der Waals surface area contributed by atoms with Crippen LogP contribution in [0.4, 0.5) is 0 Å². The SMILES string of the molecule is c1ccc(-c2nc(-c3cccc4c3c3c5cccc6c5n(c3n4-c3ccccc3)-c3ccccc3S6)nc3oc4ccccc4c23)cc1. The number of furan rings is 1. The van der Waals surface area contributed by atoms with E-state index in [4.69, 9.17) is 14.4 Å². The van der Waals surface area contributed by atoms with Crippen molar-refractivity contribution in [3.63, 3.8) is 0 Å². The monoisotopic (exact) mass is 632 g/mol. The van der Waals surface area contributed by atoms with Gasteiger partial charge >= 0.3 is 0 Å². The largest absolute Gasteiger partial charge is 0.438 e. The van der Waals surface area contributed by atoms with Gasteiger partial charge in [0.15, 0.2) is 5.82 Å². The Morgan fingerprint density at radius 2 is 1.27 bits per heavy atom. The van der Waals surface area contributed by atoms with Crippen LogP contribution in [0.15, 0.2) is 160 Å². The minimum absolute atomic E-state index is 0.587. The predicted molar refractivity (Wildman–Crippen MR) is 195 cm³/mol. The number of para-hydroxylation sites is 4. The number of aromatic nitrogens is 4. The fourth-order valence-electron chi connectivity index (χ4n) is 7.59. The average Bonchev–Trinajstić information content (AvgIpc) is 3.81. The lowest BCUT2D eigenvalue weighted by atomic mass is 10.0. The summed E-state index contributed by atoms with van der Waals surface area (Å²) in [6.07, 6.45) is 0. The van der Waals surface area contributed by atoms with Crippen LogP contribution in [0, 0.1) is 0 Å². The maximum Gasteiger partial charge on any atom is 0.231 e. The zero-order chi connectivity index (χ0) is 31.3. The molecule has 0 unspecified atom stereocenters. The van der Waals surface area contributed by atoms with Crippen LogP contribution in [0.1, 0.15) is 0 Å². The summed E-state index contributed by atoms with van der Waals surface area (Å²) < 4.78 is 11.3. The van der Waals surface area contributed by atoms with Gasteiger partial charge in [-0.2, -0.15) is 4.98 Å². The van der Waals surface area contributed by atoms with Gasteiger partial charge in [0.05, 0.1) is 27.8 Å². The first-order valence-electron chi connectivity index (χ1n) is 16.0. The number of fused-ring (bicyclic) bond motifs is 10. The molecule has 0 saturated carbocycles. The molecule has 1 aliphatic rings. The Morgan fingerprint density at radius 1 is 0.542 bits per heavy atom. The van der Waals surface area contributed by atoms with E-state index in [0.29, 0.717) is 11.5 Å². The van der Waals surface area contributed by atoms with Crippen LogP contribution in [0.3, 0.4) is 0 Å². The normalized spacial score (nSPS) is 12.5. The number of hydrogen-bond donors (Lipinski definition) is 0. The highest BCUT2D eigenvalue weighted by Crippen LogP contribution is 2.50. The van der Waals surface area contributed by atoms with Gasteiger partial charge in [0.25, 0.3) is 0 Å². The van der Waals surface area contributed by atoms with E-state index >= 15 is 0 Å². The molecule has 0 saturated heterocycles. The molecule has 6 aromatic carbocycles. The lowest BCUT2D eigenvalue weighted by Gasteiger charge is -2.21. The molecule has 5 nitrogen and oxygen atoms in total. The van der Waals surface area contributed by atoms with Gasteiger partial charge < -0.3 is 4.42 Å². The average molecular weight is 633 g/mol. The molecule has 1 aliphatic heterocycles. The van der Waals surface area contributed by atoms with Crippen LogP contribution in [-0.2, 0) is 0 Å². The van der Waals surface area contributed by atoms with E-state index in [1.807, 2.05) is 36.0 Å². The Morgan fingerprint density at radius 3 is 2.17 bits per heavy atom. The van der Waals surface area contributed by atoms with Gasteiger partial charge in [0.2, 0.25) is 5.71 Å². The first kappa shape index (κ1) is 26.0. The maximum absolute atomic E-state index is 6.44. The minimum Gasteiger partial charge on any atom is -0.438 e. The van der Waals surface area contributed by atoms with Crippen LogP contribution in [0.5, 0.6) is 0 Å². The van der Waals surface area contributed by atoms with Crippen molar-refractivity contribution >= 4 is 66.7 Å². The molecule has 0 N–H and O–H groups in total. The molecule has 0 radical (unpaired) electrons. The summed E-state index contributed by atoms with van der Waals surface area (Å²) in [5, 5.41) is 5.47. The highest BCUT2D eigenvalue weighted by Gasteiger charge is 2.29. The third-order valence-electron chi connectivity index (χ3n) is 9.54. The van der Waals surface area contributed by atoms with E-state index in [1.54, 1.807) is 0 Å². The molecule has 0 atom stereocenters. The molecule has 224 valence electrons. The first-order valence-corrected chi connectivity index (χ1v) is 16.8. The van der Waals surface area contributed by atoms with Crippen LogP contribution >= 0.6 is 11.8 Å². The van der Waals surface area contributed by atoms with Crippen molar-refractivity contribution in [3.05, 3.63) is 146 Å². The second-order valence-corrected chi connectivity index (χ2v) is 13.3. The van der Waals surface area contributed by atoms with Crippen LogP contribution in [0.25, 0.3) is 88.9 Å². The topological polar surface area (TPSA) is 48.8 Å². The lowest BCUT2D eigenvalue weighted by molar-refractivity contribution is 0.653. The zero-order valence-corrected chi connectivity index (χ0v) is 26.3. The molecule has 5 heterocycles. The van der Waals surface area contributed by atoms with E-state index in [2.05, 4.69) is 130 Å². The van der Waals surface area contributed by atoms with Crippen molar-refractivity contribution in [1.82, 2.24) is 19.1 Å². The molecule has 4 aromatic heterocycles. The number of rotatable bonds is 3. The van der Waals surface area contributed by atoms with Gasteiger partial charge in [0.1, 0.15) is 11.2 Å². The quantitative estimate of drug-likeness (QED) is 0.194. The summed E-state index contributed by atoms with van der Waals surface area (Å²) in [5.74, 6) is 0.639. The molecule has 0 fully saturated rings. The van der Waals surface area contributed by atoms with E-state index in [1.165, 1.54) is 31.8 Å². The van der Waals surface area contributed by atoms with Crippen molar-refractivity contribution in [2.75, 3.05) is 0 Å². The molecule has 48 heavy (non-hydrogen) atoms. The molecule has 11 rings (SSSR count). The van der Waals surface area contributed by atoms with Crippen LogP contribution in [0.2, 0.25) is 0 Å². The van der Waals surface area contributed by atoms with Gasteiger partial charge in [-0.3, -0.25) is 9.13 Å². The molecule has 0 bridgehead atoms. The predicted octanol–water partition coefficient (Wildman–Crippen LogP) is 11.2.